The first-order chi connectivity index (χ1) is 7.24. The molecule has 2 amide bonds. The van der Waals surface area contributed by atoms with Crippen molar-refractivity contribution in [3.05, 3.63) is 12.2 Å². The molecule has 2 aliphatic rings. The van der Waals surface area contributed by atoms with Crippen LogP contribution in [-0.2, 0) is 9.59 Å². The molecule has 1 aliphatic carbocycles. The Bertz CT molecular complexity index is 304. The Hall–Kier alpha value is -1.32. The van der Waals surface area contributed by atoms with E-state index in [0.29, 0.717) is 6.42 Å². The van der Waals surface area contributed by atoms with Crippen molar-refractivity contribution in [1.82, 2.24) is 10.2 Å². The summed E-state index contributed by atoms with van der Waals surface area (Å²) in [5.74, 6) is 0.0409. The number of amides is 2. The zero-order valence-electron chi connectivity index (χ0n) is 8.90. The smallest absolute Gasteiger partial charge is 0.243 e. The zero-order valence-corrected chi connectivity index (χ0v) is 8.90. The number of hydrogen-bond donors (Lipinski definition) is 1. The summed E-state index contributed by atoms with van der Waals surface area (Å²) in [6.07, 6.45) is 6.62. The van der Waals surface area contributed by atoms with Gasteiger partial charge in [0.15, 0.2) is 0 Å². The second-order valence-corrected chi connectivity index (χ2v) is 4.04. The highest BCUT2D eigenvalue weighted by Gasteiger charge is 2.37. The molecule has 1 heterocycles. The van der Waals surface area contributed by atoms with Crippen molar-refractivity contribution in [3.63, 3.8) is 0 Å². The van der Waals surface area contributed by atoms with Crippen molar-refractivity contribution < 1.29 is 9.59 Å². The summed E-state index contributed by atoms with van der Waals surface area (Å²) in [6, 6.07) is -0.0651. The fraction of sp³-hybridized carbons (Fsp3) is 0.636. The zero-order chi connectivity index (χ0) is 10.8. The predicted octanol–water partition coefficient (Wildman–Crippen LogP) is 0.442. The van der Waals surface area contributed by atoms with Crippen LogP contribution in [0.15, 0.2) is 12.2 Å². The number of piperazine rings is 1. The Kier molecular flexibility index (Phi) is 2.75. The molecule has 4 nitrogen and oxygen atoms in total. The molecule has 1 saturated heterocycles. The third kappa shape index (κ3) is 1.76. The highest BCUT2D eigenvalue weighted by Crippen LogP contribution is 2.22. The molecule has 1 aliphatic heterocycles. The second kappa shape index (κ2) is 4.04. The minimum atomic E-state index is -0.267. The number of rotatable bonds is 2. The van der Waals surface area contributed by atoms with E-state index in [1.54, 1.807) is 4.90 Å². The van der Waals surface area contributed by atoms with Gasteiger partial charge in [-0.1, -0.05) is 19.1 Å². The number of nitrogens with zero attached hydrogens (tertiary/aromatic N) is 1. The topological polar surface area (TPSA) is 49.4 Å². The van der Waals surface area contributed by atoms with Crippen LogP contribution in [0.3, 0.4) is 0 Å². The average Bonchev–Trinajstić information content (AvgIpc) is 2.74. The van der Waals surface area contributed by atoms with Crippen LogP contribution in [0.4, 0.5) is 0 Å². The van der Waals surface area contributed by atoms with Crippen LogP contribution in [0, 0.1) is 0 Å². The predicted molar refractivity (Wildman–Crippen MR) is 56.1 cm³/mol. The van der Waals surface area contributed by atoms with Gasteiger partial charge in [0.25, 0.3) is 0 Å². The van der Waals surface area contributed by atoms with Crippen molar-refractivity contribution in [2.45, 2.75) is 38.3 Å². The average molecular weight is 208 g/mol. The summed E-state index contributed by atoms with van der Waals surface area (Å²) < 4.78 is 0. The maximum atomic E-state index is 11.8. The molecule has 82 valence electrons. The van der Waals surface area contributed by atoms with Crippen LogP contribution in [0.5, 0.6) is 0 Å². The molecule has 0 aromatic rings. The molecular weight excluding hydrogens is 192 g/mol. The number of hydrogen-bond acceptors (Lipinski definition) is 2. The van der Waals surface area contributed by atoms with Gasteiger partial charge >= 0.3 is 0 Å². The van der Waals surface area contributed by atoms with E-state index < -0.39 is 0 Å². The quantitative estimate of drug-likeness (QED) is 0.669. The highest BCUT2D eigenvalue weighted by molar-refractivity contribution is 5.95. The summed E-state index contributed by atoms with van der Waals surface area (Å²) >= 11 is 0. The van der Waals surface area contributed by atoms with Crippen LogP contribution in [0.2, 0.25) is 0 Å². The first kappa shape index (κ1) is 10.2. The minimum absolute atomic E-state index is 0.0102. The first-order valence-electron chi connectivity index (χ1n) is 5.48. The lowest BCUT2D eigenvalue weighted by Gasteiger charge is -2.38. The maximum Gasteiger partial charge on any atom is 0.243 e. The van der Waals surface area contributed by atoms with Crippen LogP contribution >= 0.6 is 0 Å². The molecule has 0 saturated carbocycles. The Morgan fingerprint density at radius 3 is 2.67 bits per heavy atom. The number of carbonyl (C=O) groups is 2. The van der Waals surface area contributed by atoms with E-state index in [9.17, 15) is 9.59 Å². The molecule has 0 radical (unpaired) electrons. The van der Waals surface area contributed by atoms with Gasteiger partial charge in [0.05, 0.1) is 6.54 Å². The highest BCUT2D eigenvalue weighted by atomic mass is 16.2. The van der Waals surface area contributed by atoms with Crippen LogP contribution in [0.25, 0.3) is 0 Å². The molecule has 2 rings (SSSR count). The van der Waals surface area contributed by atoms with Crippen LogP contribution < -0.4 is 5.32 Å². The number of nitrogens with one attached hydrogen (secondary N) is 1. The molecule has 0 aromatic carbocycles. The normalized spacial score (nSPS) is 27.3. The molecular formula is C11H16N2O2. The third-order valence-electron chi connectivity index (χ3n) is 3.10. The van der Waals surface area contributed by atoms with Crippen molar-refractivity contribution in [2.24, 2.45) is 0 Å². The second-order valence-electron chi connectivity index (χ2n) is 4.04. The largest absolute Gasteiger partial charge is 0.345 e. The molecule has 15 heavy (non-hydrogen) atoms. The van der Waals surface area contributed by atoms with Gasteiger partial charge in [0.1, 0.15) is 6.04 Å². The molecule has 1 N–H and O–H groups in total. The van der Waals surface area contributed by atoms with Gasteiger partial charge < -0.3 is 10.2 Å². The van der Waals surface area contributed by atoms with Gasteiger partial charge in [-0.05, 0) is 19.3 Å². The summed E-state index contributed by atoms with van der Waals surface area (Å²) in [5.41, 5.74) is 0. The Labute approximate surface area is 89.3 Å². The molecule has 1 fully saturated rings. The molecule has 0 spiro atoms. The summed E-state index contributed by atoms with van der Waals surface area (Å²) in [5, 5.41) is 2.64. The molecule has 1 unspecified atom stereocenters. The fourth-order valence-corrected chi connectivity index (χ4v) is 2.34. The molecule has 0 bridgehead atoms. The van der Waals surface area contributed by atoms with E-state index in [2.05, 4.69) is 17.5 Å². The van der Waals surface area contributed by atoms with E-state index in [0.717, 1.165) is 12.8 Å². The third-order valence-corrected chi connectivity index (χ3v) is 3.10. The van der Waals surface area contributed by atoms with Crippen LogP contribution in [-0.4, -0.2) is 35.3 Å². The van der Waals surface area contributed by atoms with E-state index in [1.165, 1.54) is 0 Å². The fourth-order valence-electron chi connectivity index (χ4n) is 2.34. The molecule has 1 atom stereocenters. The van der Waals surface area contributed by atoms with Gasteiger partial charge in [-0.15, -0.1) is 0 Å². The maximum absolute atomic E-state index is 11.8. The van der Waals surface area contributed by atoms with E-state index in [1.807, 2.05) is 6.92 Å². The standard InChI is InChI=1S/C11H16N2O2/c1-2-9-11(15)12-7-10(14)13(9)8-5-3-4-6-8/h3-4,8-9H,2,5-7H2,1H3,(H,12,15). The van der Waals surface area contributed by atoms with Crippen molar-refractivity contribution >= 4 is 11.8 Å². The molecule has 4 heteroatoms. The van der Waals surface area contributed by atoms with Crippen molar-refractivity contribution in [3.8, 4) is 0 Å². The van der Waals surface area contributed by atoms with Gasteiger partial charge in [0.2, 0.25) is 11.8 Å². The Morgan fingerprint density at radius 2 is 2.07 bits per heavy atom. The van der Waals surface area contributed by atoms with Crippen molar-refractivity contribution in [1.29, 1.82) is 0 Å². The molecule has 0 aromatic heterocycles. The van der Waals surface area contributed by atoms with Gasteiger partial charge in [-0.25, -0.2) is 0 Å². The number of carbonyl (C=O) groups excluding carboxylic acids is 2. The van der Waals surface area contributed by atoms with Gasteiger partial charge in [-0.2, -0.15) is 0 Å². The van der Waals surface area contributed by atoms with Crippen LogP contribution in [0.1, 0.15) is 26.2 Å². The summed E-state index contributed by atoms with van der Waals surface area (Å²) in [4.78, 5) is 25.2. The van der Waals surface area contributed by atoms with E-state index in [-0.39, 0.29) is 30.4 Å². The van der Waals surface area contributed by atoms with Gasteiger partial charge in [0, 0.05) is 6.04 Å². The van der Waals surface area contributed by atoms with E-state index in [4.69, 9.17) is 0 Å². The van der Waals surface area contributed by atoms with E-state index >= 15 is 0 Å². The summed E-state index contributed by atoms with van der Waals surface area (Å²) in [7, 11) is 0. The summed E-state index contributed by atoms with van der Waals surface area (Å²) in [6.45, 7) is 2.10. The Morgan fingerprint density at radius 1 is 1.40 bits per heavy atom. The lowest BCUT2D eigenvalue weighted by Crippen LogP contribution is -2.60. The SMILES string of the molecule is CCC1C(=O)NCC(=O)N1C1CC=CC1. The monoisotopic (exact) mass is 208 g/mol. The lowest BCUT2D eigenvalue weighted by atomic mass is 10.0. The van der Waals surface area contributed by atoms with Gasteiger partial charge in [-0.3, -0.25) is 9.59 Å². The first-order valence-corrected chi connectivity index (χ1v) is 5.48. The minimum Gasteiger partial charge on any atom is -0.345 e. The Balaban J connectivity index is 2.16. The lowest BCUT2D eigenvalue weighted by molar-refractivity contribution is -0.148. The van der Waals surface area contributed by atoms with Crippen molar-refractivity contribution in [2.75, 3.05) is 6.54 Å².